The first-order valence-electron chi connectivity index (χ1n) is 4.76. The maximum Gasteiger partial charge on any atom is 0.341 e. The predicted molar refractivity (Wildman–Crippen MR) is 60.4 cm³/mol. The van der Waals surface area contributed by atoms with E-state index >= 15 is 0 Å². The summed E-state index contributed by atoms with van der Waals surface area (Å²) in [5.74, 6) is -0.854. The lowest BCUT2D eigenvalue weighted by atomic mass is 10.2. The molecule has 0 aliphatic heterocycles. The maximum atomic E-state index is 10.9. The molecule has 86 valence electrons. The molecule has 1 heterocycles. The first-order valence-corrected chi connectivity index (χ1v) is 4.76. The van der Waals surface area contributed by atoms with Crippen LogP contribution >= 0.6 is 0 Å². The number of nitrogens with one attached hydrogen (secondary N) is 1. The number of aromatic carboxylic acids is 1. The molecule has 0 spiro atoms. The normalized spacial score (nSPS) is 9.88. The molecule has 3 N–H and O–H groups in total. The molecule has 1 aromatic carbocycles. The summed E-state index contributed by atoms with van der Waals surface area (Å²) >= 11 is 0. The Morgan fingerprint density at radius 1 is 1.35 bits per heavy atom. The van der Waals surface area contributed by atoms with Gasteiger partial charge in [-0.1, -0.05) is 6.07 Å². The van der Waals surface area contributed by atoms with Gasteiger partial charge >= 0.3 is 5.97 Å². The minimum Gasteiger partial charge on any atom is -0.508 e. The van der Waals surface area contributed by atoms with E-state index in [9.17, 15) is 9.90 Å². The Morgan fingerprint density at radius 3 is 2.88 bits per heavy atom. The van der Waals surface area contributed by atoms with Crippen molar-refractivity contribution in [2.24, 2.45) is 0 Å². The Labute approximate surface area is 96.6 Å². The first-order chi connectivity index (χ1) is 8.16. The van der Waals surface area contributed by atoms with Crippen LogP contribution in [0.1, 0.15) is 10.4 Å². The van der Waals surface area contributed by atoms with Crippen molar-refractivity contribution < 1.29 is 15.0 Å². The van der Waals surface area contributed by atoms with E-state index in [0.29, 0.717) is 5.69 Å². The summed E-state index contributed by atoms with van der Waals surface area (Å²) in [7, 11) is 0. The molecule has 6 nitrogen and oxygen atoms in total. The number of anilines is 2. The summed E-state index contributed by atoms with van der Waals surface area (Å²) < 4.78 is 0. The third-order valence-electron chi connectivity index (χ3n) is 2.05. The number of aromatic nitrogens is 2. The highest BCUT2D eigenvalue weighted by molar-refractivity contribution is 5.93. The zero-order valence-corrected chi connectivity index (χ0v) is 8.66. The lowest BCUT2D eigenvalue weighted by molar-refractivity contribution is 0.0697. The van der Waals surface area contributed by atoms with Gasteiger partial charge in [0, 0.05) is 18.0 Å². The molecule has 17 heavy (non-hydrogen) atoms. The number of benzene rings is 1. The van der Waals surface area contributed by atoms with Crippen LogP contribution in [-0.2, 0) is 0 Å². The highest BCUT2D eigenvalue weighted by atomic mass is 16.4. The van der Waals surface area contributed by atoms with Gasteiger partial charge in [0.05, 0.1) is 0 Å². The first kappa shape index (κ1) is 10.9. The summed E-state index contributed by atoms with van der Waals surface area (Å²) in [6.45, 7) is 0. The number of phenolic OH excluding ortho intramolecular Hbond substituents is 1. The van der Waals surface area contributed by atoms with Crippen LogP contribution in [0.4, 0.5) is 11.5 Å². The summed E-state index contributed by atoms with van der Waals surface area (Å²) in [4.78, 5) is 18.4. The van der Waals surface area contributed by atoms with E-state index in [-0.39, 0.29) is 17.1 Å². The van der Waals surface area contributed by atoms with E-state index in [1.54, 1.807) is 12.1 Å². The fourth-order valence-corrected chi connectivity index (χ4v) is 1.31. The lowest BCUT2D eigenvalue weighted by Gasteiger charge is -2.07. The molecular formula is C11H9N3O3. The van der Waals surface area contributed by atoms with Crippen molar-refractivity contribution in [3.05, 3.63) is 42.4 Å². The Bertz CT molecular complexity index is 557. The smallest absolute Gasteiger partial charge is 0.341 e. The average Bonchev–Trinajstić information content (AvgIpc) is 2.29. The molecule has 0 atom stereocenters. The van der Waals surface area contributed by atoms with Gasteiger partial charge in [-0.05, 0) is 12.1 Å². The third kappa shape index (κ3) is 2.49. The van der Waals surface area contributed by atoms with Gasteiger partial charge in [0.2, 0.25) is 0 Å². The number of hydrogen-bond acceptors (Lipinski definition) is 5. The van der Waals surface area contributed by atoms with Crippen molar-refractivity contribution in [1.29, 1.82) is 0 Å². The van der Waals surface area contributed by atoms with Gasteiger partial charge in [0.15, 0.2) is 0 Å². The Kier molecular flexibility index (Phi) is 2.87. The molecule has 0 aliphatic carbocycles. The van der Waals surface area contributed by atoms with Crippen LogP contribution in [0.5, 0.6) is 5.75 Å². The second-order valence-electron chi connectivity index (χ2n) is 3.27. The second-order valence-corrected chi connectivity index (χ2v) is 3.27. The van der Waals surface area contributed by atoms with Crippen LogP contribution < -0.4 is 5.32 Å². The SMILES string of the molecule is O=C(O)c1cncnc1Nc1cccc(O)c1. The zero-order chi connectivity index (χ0) is 12.3. The number of carboxylic acid groups (broad SMARTS) is 1. The van der Waals surface area contributed by atoms with Gasteiger partial charge < -0.3 is 15.5 Å². The standard InChI is InChI=1S/C11H9N3O3/c15-8-3-1-2-7(4-8)14-10-9(11(16)17)5-12-6-13-10/h1-6,15H,(H,16,17)(H,12,13,14). The average molecular weight is 231 g/mol. The summed E-state index contributed by atoms with van der Waals surface area (Å²) in [5.41, 5.74) is 0.516. The molecule has 0 unspecified atom stereocenters. The van der Waals surface area contributed by atoms with Crippen molar-refractivity contribution in [3.8, 4) is 5.75 Å². The highest BCUT2D eigenvalue weighted by Gasteiger charge is 2.11. The molecule has 0 amide bonds. The van der Waals surface area contributed by atoms with Gasteiger partial charge in [0.25, 0.3) is 0 Å². The van der Waals surface area contributed by atoms with Crippen molar-refractivity contribution in [2.75, 3.05) is 5.32 Å². The minimum absolute atomic E-state index is 0.0316. The molecule has 6 heteroatoms. The van der Waals surface area contributed by atoms with Gasteiger partial charge in [-0.3, -0.25) is 0 Å². The fraction of sp³-hybridized carbons (Fsp3) is 0. The third-order valence-corrected chi connectivity index (χ3v) is 2.05. The quantitative estimate of drug-likeness (QED) is 0.743. The molecule has 0 saturated carbocycles. The Hall–Kier alpha value is -2.63. The van der Waals surface area contributed by atoms with Crippen molar-refractivity contribution in [1.82, 2.24) is 9.97 Å². The summed E-state index contributed by atoms with van der Waals surface area (Å²) in [6, 6.07) is 6.31. The highest BCUT2D eigenvalue weighted by Crippen LogP contribution is 2.21. The zero-order valence-electron chi connectivity index (χ0n) is 8.66. The molecular weight excluding hydrogens is 222 g/mol. The molecule has 0 aliphatic rings. The summed E-state index contributed by atoms with van der Waals surface area (Å²) in [6.07, 6.45) is 2.46. The number of carbonyl (C=O) groups is 1. The summed E-state index contributed by atoms with van der Waals surface area (Å²) in [5, 5.41) is 21.0. The number of nitrogens with zero attached hydrogens (tertiary/aromatic N) is 2. The molecule has 0 radical (unpaired) electrons. The van der Waals surface area contributed by atoms with Gasteiger partial charge in [0.1, 0.15) is 23.5 Å². The maximum absolute atomic E-state index is 10.9. The molecule has 0 saturated heterocycles. The van der Waals surface area contributed by atoms with Gasteiger partial charge in [-0.15, -0.1) is 0 Å². The van der Waals surface area contributed by atoms with Gasteiger partial charge in [-0.2, -0.15) is 0 Å². The fourth-order valence-electron chi connectivity index (χ4n) is 1.31. The molecule has 2 rings (SSSR count). The Morgan fingerprint density at radius 2 is 2.18 bits per heavy atom. The van der Waals surface area contributed by atoms with Gasteiger partial charge in [-0.25, -0.2) is 14.8 Å². The molecule has 0 fully saturated rings. The van der Waals surface area contributed by atoms with Crippen LogP contribution in [0.2, 0.25) is 0 Å². The van der Waals surface area contributed by atoms with Crippen LogP contribution in [0.15, 0.2) is 36.8 Å². The van der Waals surface area contributed by atoms with E-state index in [1.165, 1.54) is 24.7 Å². The number of aromatic hydroxyl groups is 1. The molecule has 0 bridgehead atoms. The Balaban J connectivity index is 2.33. The van der Waals surface area contributed by atoms with Crippen molar-refractivity contribution in [2.45, 2.75) is 0 Å². The minimum atomic E-state index is -1.12. The topological polar surface area (TPSA) is 95.3 Å². The largest absolute Gasteiger partial charge is 0.508 e. The van der Waals surface area contributed by atoms with E-state index < -0.39 is 5.97 Å². The predicted octanol–water partition coefficient (Wildman–Crippen LogP) is 1.62. The second kappa shape index (κ2) is 4.48. The number of hydrogen-bond donors (Lipinski definition) is 3. The lowest BCUT2D eigenvalue weighted by Crippen LogP contribution is -2.05. The molecule has 2 aromatic rings. The van der Waals surface area contributed by atoms with Crippen LogP contribution in [0, 0.1) is 0 Å². The van der Waals surface area contributed by atoms with Crippen LogP contribution in [-0.4, -0.2) is 26.2 Å². The number of carboxylic acids is 1. The van der Waals surface area contributed by atoms with Crippen LogP contribution in [0.3, 0.4) is 0 Å². The van der Waals surface area contributed by atoms with E-state index in [0.717, 1.165) is 0 Å². The van der Waals surface area contributed by atoms with E-state index in [4.69, 9.17) is 5.11 Å². The van der Waals surface area contributed by atoms with E-state index in [1.807, 2.05) is 0 Å². The van der Waals surface area contributed by atoms with Crippen molar-refractivity contribution in [3.63, 3.8) is 0 Å². The van der Waals surface area contributed by atoms with Crippen LogP contribution in [0.25, 0.3) is 0 Å². The van der Waals surface area contributed by atoms with E-state index in [2.05, 4.69) is 15.3 Å². The number of rotatable bonds is 3. The monoisotopic (exact) mass is 231 g/mol. The molecule has 1 aromatic heterocycles. The van der Waals surface area contributed by atoms with Crippen molar-refractivity contribution >= 4 is 17.5 Å². The number of phenols is 1.